The van der Waals surface area contributed by atoms with E-state index in [4.69, 9.17) is 11.6 Å². The zero-order chi connectivity index (χ0) is 22.1. The molecule has 160 valence electrons. The number of halogens is 1. The molecular weight excluding hydrogens is 426 g/mol. The molecule has 0 atom stereocenters. The fraction of sp³-hybridized carbons (Fsp3) is 0.174. The SMILES string of the molecule is Cc1cn(-c2ccccc2Cl)nc1C(=O)NNc1nc(-c2ccccn2)nc2c1CCC2. The van der Waals surface area contributed by atoms with Gasteiger partial charge in [-0.05, 0) is 50.5 Å². The summed E-state index contributed by atoms with van der Waals surface area (Å²) in [5.41, 5.74) is 10.1. The molecule has 0 unspecified atom stereocenters. The first kappa shape index (κ1) is 20.1. The van der Waals surface area contributed by atoms with E-state index in [-0.39, 0.29) is 5.91 Å². The second kappa shape index (κ2) is 8.39. The van der Waals surface area contributed by atoms with Gasteiger partial charge in [-0.2, -0.15) is 5.10 Å². The number of aromatic nitrogens is 5. The molecule has 0 saturated carbocycles. The van der Waals surface area contributed by atoms with Crippen LogP contribution >= 0.6 is 11.6 Å². The van der Waals surface area contributed by atoms with Gasteiger partial charge < -0.3 is 0 Å². The molecule has 2 N–H and O–H groups in total. The summed E-state index contributed by atoms with van der Waals surface area (Å²) in [4.78, 5) is 26.5. The number of hydrazine groups is 1. The van der Waals surface area contributed by atoms with Gasteiger partial charge in [-0.3, -0.25) is 20.6 Å². The maximum Gasteiger partial charge on any atom is 0.290 e. The first-order chi connectivity index (χ1) is 15.6. The third-order valence-electron chi connectivity index (χ3n) is 5.33. The van der Waals surface area contributed by atoms with E-state index in [0.717, 1.165) is 36.1 Å². The maximum atomic E-state index is 12.9. The zero-order valence-corrected chi connectivity index (χ0v) is 18.1. The number of para-hydroxylation sites is 1. The summed E-state index contributed by atoms with van der Waals surface area (Å²) in [6, 6.07) is 12.9. The third-order valence-corrected chi connectivity index (χ3v) is 5.65. The third kappa shape index (κ3) is 3.80. The highest BCUT2D eigenvalue weighted by molar-refractivity contribution is 6.32. The molecule has 0 fully saturated rings. The van der Waals surface area contributed by atoms with Crippen molar-refractivity contribution in [2.75, 3.05) is 5.43 Å². The summed E-state index contributed by atoms with van der Waals surface area (Å²) in [5, 5.41) is 4.98. The van der Waals surface area contributed by atoms with Crippen LogP contribution in [-0.4, -0.2) is 30.6 Å². The molecule has 0 radical (unpaired) electrons. The lowest BCUT2D eigenvalue weighted by Crippen LogP contribution is -2.31. The van der Waals surface area contributed by atoms with Crippen molar-refractivity contribution in [3.8, 4) is 17.2 Å². The fourth-order valence-electron chi connectivity index (χ4n) is 3.77. The van der Waals surface area contributed by atoms with E-state index in [2.05, 4.69) is 30.9 Å². The predicted octanol–water partition coefficient (Wildman–Crippen LogP) is 3.93. The predicted molar refractivity (Wildman–Crippen MR) is 122 cm³/mol. The Bertz CT molecular complexity index is 1300. The largest absolute Gasteiger partial charge is 0.290 e. The van der Waals surface area contributed by atoms with Gasteiger partial charge >= 0.3 is 0 Å². The van der Waals surface area contributed by atoms with Crippen LogP contribution in [0.25, 0.3) is 17.2 Å². The standard InChI is InChI=1S/C23H20ClN7O/c1-14-13-31(19-11-3-2-8-16(19)24)30-20(14)23(32)29-28-21-15-7-6-10-17(15)26-22(27-21)18-9-4-5-12-25-18/h2-5,8-9,11-13H,6-7,10H2,1H3,(H,29,32)(H,26,27,28). The van der Waals surface area contributed by atoms with Gasteiger partial charge in [0.15, 0.2) is 17.3 Å². The molecule has 0 aliphatic heterocycles. The summed E-state index contributed by atoms with van der Waals surface area (Å²) in [7, 11) is 0. The van der Waals surface area contributed by atoms with E-state index >= 15 is 0 Å². The normalized spacial score (nSPS) is 12.4. The fourth-order valence-corrected chi connectivity index (χ4v) is 3.99. The van der Waals surface area contributed by atoms with Crippen molar-refractivity contribution in [1.29, 1.82) is 0 Å². The van der Waals surface area contributed by atoms with Crippen molar-refractivity contribution in [2.24, 2.45) is 0 Å². The van der Waals surface area contributed by atoms with Crippen molar-refractivity contribution in [1.82, 2.24) is 30.2 Å². The van der Waals surface area contributed by atoms with Crippen LogP contribution in [0.3, 0.4) is 0 Å². The highest BCUT2D eigenvalue weighted by Gasteiger charge is 2.22. The molecule has 0 spiro atoms. The first-order valence-electron chi connectivity index (χ1n) is 10.3. The molecule has 8 nitrogen and oxygen atoms in total. The van der Waals surface area contributed by atoms with Crippen LogP contribution in [0.4, 0.5) is 5.82 Å². The molecule has 1 aliphatic carbocycles. The molecular formula is C23H20ClN7O. The van der Waals surface area contributed by atoms with Gasteiger partial charge in [0.1, 0.15) is 5.69 Å². The van der Waals surface area contributed by atoms with Crippen molar-refractivity contribution in [3.63, 3.8) is 0 Å². The van der Waals surface area contributed by atoms with E-state index in [0.29, 0.717) is 33.7 Å². The average molecular weight is 446 g/mol. The number of benzene rings is 1. The molecule has 4 aromatic rings. The molecule has 5 rings (SSSR count). The summed E-state index contributed by atoms with van der Waals surface area (Å²) >= 11 is 6.27. The Morgan fingerprint density at radius 1 is 1.09 bits per heavy atom. The quantitative estimate of drug-likeness (QED) is 0.452. The lowest BCUT2D eigenvalue weighted by Gasteiger charge is -2.12. The van der Waals surface area contributed by atoms with Crippen molar-refractivity contribution >= 4 is 23.3 Å². The minimum Gasteiger partial charge on any atom is -0.281 e. The minimum atomic E-state index is -0.363. The number of nitrogens with one attached hydrogen (secondary N) is 2. The van der Waals surface area contributed by atoms with Crippen LogP contribution in [0, 0.1) is 6.92 Å². The molecule has 0 bridgehead atoms. The van der Waals surface area contributed by atoms with Crippen molar-refractivity contribution in [2.45, 2.75) is 26.2 Å². The number of pyridine rings is 1. The summed E-state index contributed by atoms with van der Waals surface area (Å²) in [6.45, 7) is 1.83. The Kier molecular flexibility index (Phi) is 5.28. The van der Waals surface area contributed by atoms with Gasteiger partial charge in [0, 0.05) is 29.2 Å². The Morgan fingerprint density at radius 2 is 1.94 bits per heavy atom. The Labute approximate surface area is 189 Å². The average Bonchev–Trinajstić information content (AvgIpc) is 3.44. The van der Waals surface area contributed by atoms with Gasteiger partial charge in [-0.25, -0.2) is 14.6 Å². The molecule has 3 aromatic heterocycles. The second-order valence-electron chi connectivity index (χ2n) is 7.53. The lowest BCUT2D eigenvalue weighted by atomic mass is 10.2. The van der Waals surface area contributed by atoms with Crippen LogP contribution < -0.4 is 10.9 Å². The first-order valence-corrected chi connectivity index (χ1v) is 10.7. The van der Waals surface area contributed by atoms with Crippen LogP contribution in [0.1, 0.15) is 33.7 Å². The molecule has 9 heteroatoms. The number of aryl methyl sites for hydroxylation is 2. The van der Waals surface area contributed by atoms with E-state index in [1.165, 1.54) is 0 Å². The molecule has 3 heterocycles. The van der Waals surface area contributed by atoms with Crippen LogP contribution in [0.5, 0.6) is 0 Å². The maximum absolute atomic E-state index is 12.9. The molecule has 1 aromatic carbocycles. The summed E-state index contributed by atoms with van der Waals surface area (Å²) < 4.78 is 1.61. The molecule has 1 aliphatic rings. The van der Waals surface area contributed by atoms with E-state index in [1.54, 1.807) is 23.1 Å². The number of hydrogen-bond acceptors (Lipinski definition) is 6. The Balaban J connectivity index is 1.39. The summed E-state index contributed by atoms with van der Waals surface area (Å²) in [6.07, 6.45) is 6.22. The Hall–Kier alpha value is -3.78. The van der Waals surface area contributed by atoms with E-state index in [1.807, 2.05) is 43.3 Å². The summed E-state index contributed by atoms with van der Waals surface area (Å²) in [5.74, 6) is 0.755. The zero-order valence-electron chi connectivity index (χ0n) is 17.3. The highest BCUT2D eigenvalue weighted by atomic mass is 35.5. The van der Waals surface area contributed by atoms with Crippen LogP contribution in [0.2, 0.25) is 5.02 Å². The van der Waals surface area contributed by atoms with Gasteiger partial charge in [0.2, 0.25) is 0 Å². The number of carbonyl (C=O) groups is 1. The second-order valence-corrected chi connectivity index (χ2v) is 7.93. The van der Waals surface area contributed by atoms with Gasteiger partial charge in [-0.1, -0.05) is 29.8 Å². The number of anilines is 1. The molecule has 0 saturated heterocycles. The van der Waals surface area contributed by atoms with E-state index in [9.17, 15) is 4.79 Å². The smallest absolute Gasteiger partial charge is 0.281 e. The van der Waals surface area contributed by atoms with Crippen LogP contribution in [-0.2, 0) is 12.8 Å². The Morgan fingerprint density at radius 3 is 2.75 bits per heavy atom. The number of hydrogen-bond donors (Lipinski definition) is 2. The van der Waals surface area contributed by atoms with E-state index < -0.39 is 0 Å². The lowest BCUT2D eigenvalue weighted by molar-refractivity contribution is 0.0956. The molecule has 32 heavy (non-hydrogen) atoms. The van der Waals surface area contributed by atoms with Gasteiger partial charge in [0.25, 0.3) is 5.91 Å². The van der Waals surface area contributed by atoms with Gasteiger partial charge in [-0.15, -0.1) is 0 Å². The van der Waals surface area contributed by atoms with Crippen molar-refractivity contribution < 1.29 is 4.79 Å². The number of amides is 1. The number of fused-ring (bicyclic) bond motifs is 1. The van der Waals surface area contributed by atoms with Crippen LogP contribution in [0.15, 0.2) is 54.9 Å². The minimum absolute atomic E-state index is 0.299. The monoisotopic (exact) mass is 445 g/mol. The van der Waals surface area contributed by atoms with Crippen molar-refractivity contribution in [3.05, 3.63) is 82.4 Å². The number of nitrogens with zero attached hydrogens (tertiary/aromatic N) is 5. The van der Waals surface area contributed by atoms with Gasteiger partial charge in [0.05, 0.1) is 10.7 Å². The highest BCUT2D eigenvalue weighted by Crippen LogP contribution is 2.28. The number of carbonyl (C=O) groups excluding carboxylic acids is 1. The molecule has 1 amide bonds. The number of rotatable bonds is 5. The topological polar surface area (TPSA) is 97.6 Å².